The van der Waals surface area contributed by atoms with E-state index in [1.807, 2.05) is 54.7 Å². The molecule has 1 aliphatic heterocycles. The number of halogens is 2. The van der Waals surface area contributed by atoms with Crippen molar-refractivity contribution in [1.29, 1.82) is 0 Å². The van der Waals surface area contributed by atoms with Gasteiger partial charge < -0.3 is 14.4 Å². The maximum Gasteiger partial charge on any atom is 0.253 e. The lowest BCUT2D eigenvalue weighted by atomic mass is 10.1. The minimum atomic E-state index is -0.616. The van der Waals surface area contributed by atoms with Gasteiger partial charge in [-0.15, -0.1) is 0 Å². The molecule has 0 bridgehead atoms. The Morgan fingerprint density at radius 3 is 2.39 bits per heavy atom. The molecule has 5 rings (SSSR count). The summed E-state index contributed by atoms with van der Waals surface area (Å²) in [6.45, 7) is 2.24. The third-order valence-electron chi connectivity index (χ3n) is 6.26. The van der Waals surface area contributed by atoms with Gasteiger partial charge >= 0.3 is 0 Å². The van der Waals surface area contributed by atoms with Crippen LogP contribution >= 0.6 is 15.9 Å². The lowest BCUT2D eigenvalue weighted by Gasteiger charge is -2.23. The van der Waals surface area contributed by atoms with Crippen LogP contribution in [-0.4, -0.2) is 40.3 Å². The van der Waals surface area contributed by atoms with E-state index in [2.05, 4.69) is 15.9 Å². The van der Waals surface area contributed by atoms with E-state index in [-0.39, 0.29) is 11.7 Å². The third-order valence-corrected chi connectivity index (χ3v) is 6.79. The topological polar surface area (TPSA) is 56.6 Å². The predicted molar refractivity (Wildman–Crippen MR) is 138 cm³/mol. The number of hydrogen-bond acceptors (Lipinski definition) is 4. The molecule has 4 aromatic rings. The Bertz CT molecular complexity index is 1350. The lowest BCUT2D eigenvalue weighted by molar-refractivity contribution is -0.130. The molecule has 1 saturated heterocycles. The Hall–Kier alpha value is -3.49. The molecule has 0 N–H and O–H groups in total. The number of ether oxygens (including phenoxy) is 2. The van der Waals surface area contributed by atoms with Gasteiger partial charge in [0.05, 0.1) is 12.8 Å². The molecule has 0 spiro atoms. The van der Waals surface area contributed by atoms with Crippen LogP contribution in [0.2, 0.25) is 0 Å². The highest BCUT2D eigenvalue weighted by atomic mass is 79.9. The fourth-order valence-electron chi connectivity index (χ4n) is 4.31. The van der Waals surface area contributed by atoms with Gasteiger partial charge in [0, 0.05) is 28.3 Å². The van der Waals surface area contributed by atoms with E-state index >= 15 is 0 Å². The molecule has 0 radical (unpaired) electrons. The third kappa shape index (κ3) is 4.92. The zero-order chi connectivity index (χ0) is 25.2. The first kappa shape index (κ1) is 24.2. The number of hydrogen-bond donors (Lipinski definition) is 0. The highest BCUT2D eigenvalue weighted by Crippen LogP contribution is 2.37. The summed E-state index contributed by atoms with van der Waals surface area (Å²) in [6, 6.07) is 21.8. The maximum atomic E-state index is 13.7. The van der Waals surface area contributed by atoms with Crippen LogP contribution in [0.25, 0.3) is 16.9 Å². The van der Waals surface area contributed by atoms with Gasteiger partial charge in [-0.3, -0.25) is 4.79 Å². The Morgan fingerprint density at radius 1 is 1.03 bits per heavy atom. The predicted octanol–water partition coefficient (Wildman–Crippen LogP) is 5.94. The minimum absolute atomic E-state index is 0.0741. The Balaban J connectivity index is 1.51. The lowest BCUT2D eigenvalue weighted by Crippen LogP contribution is -2.32. The summed E-state index contributed by atoms with van der Waals surface area (Å²) < 4.78 is 27.8. The molecule has 0 unspecified atom stereocenters. The second-order valence-corrected chi connectivity index (χ2v) is 9.54. The van der Waals surface area contributed by atoms with Gasteiger partial charge in [0.25, 0.3) is 5.91 Å². The number of nitrogens with zero attached hydrogens (tertiary/aromatic N) is 3. The molecule has 2 atom stereocenters. The van der Waals surface area contributed by atoms with E-state index in [1.165, 1.54) is 12.1 Å². The molecule has 1 aromatic heterocycles. The zero-order valence-corrected chi connectivity index (χ0v) is 21.5. The van der Waals surface area contributed by atoms with Gasteiger partial charge in [-0.25, -0.2) is 9.07 Å². The summed E-state index contributed by atoms with van der Waals surface area (Å²) in [7, 11) is 1.63. The summed E-state index contributed by atoms with van der Waals surface area (Å²) in [4.78, 5) is 14.9. The van der Waals surface area contributed by atoms with Gasteiger partial charge in [0.1, 0.15) is 23.4 Å². The van der Waals surface area contributed by atoms with E-state index < -0.39 is 12.3 Å². The van der Waals surface area contributed by atoms with Gasteiger partial charge in [-0.05, 0) is 79.6 Å². The summed E-state index contributed by atoms with van der Waals surface area (Å²) in [5.41, 5.74) is 4.07. The molecule has 0 aliphatic carbocycles. The number of carbonyl (C=O) groups is 1. The quantitative estimate of drug-likeness (QED) is 0.286. The smallest absolute Gasteiger partial charge is 0.253 e. The van der Waals surface area contributed by atoms with Crippen molar-refractivity contribution < 1.29 is 18.7 Å². The molecule has 2 heterocycles. The van der Waals surface area contributed by atoms with Gasteiger partial charge in [-0.1, -0.05) is 28.1 Å². The first-order valence-electron chi connectivity index (χ1n) is 11.6. The second-order valence-electron chi connectivity index (χ2n) is 8.62. The fourth-order valence-corrected chi connectivity index (χ4v) is 4.58. The van der Waals surface area contributed by atoms with E-state index in [9.17, 15) is 9.18 Å². The zero-order valence-electron chi connectivity index (χ0n) is 19.9. The average Bonchev–Trinajstić information content (AvgIpc) is 3.45. The van der Waals surface area contributed by atoms with Crippen molar-refractivity contribution in [1.82, 2.24) is 14.7 Å². The van der Waals surface area contributed by atoms with Crippen LogP contribution in [0, 0.1) is 5.82 Å². The molecular weight excluding hydrogens is 525 g/mol. The van der Waals surface area contributed by atoms with E-state index in [0.717, 1.165) is 32.6 Å². The van der Waals surface area contributed by atoms with Crippen LogP contribution in [0.3, 0.4) is 0 Å². The number of amides is 1. The van der Waals surface area contributed by atoms with Crippen molar-refractivity contribution in [2.75, 3.05) is 13.7 Å². The van der Waals surface area contributed by atoms with E-state index in [0.29, 0.717) is 18.7 Å². The van der Waals surface area contributed by atoms with Crippen molar-refractivity contribution in [2.24, 2.45) is 0 Å². The largest absolute Gasteiger partial charge is 0.497 e. The second kappa shape index (κ2) is 10.2. The fraction of sp³-hybridized carbons (Fsp3) is 0.214. The molecule has 36 heavy (non-hydrogen) atoms. The summed E-state index contributed by atoms with van der Waals surface area (Å²) in [5, 5.41) is 4.82. The molecule has 184 valence electrons. The monoisotopic (exact) mass is 549 g/mol. The number of benzene rings is 3. The van der Waals surface area contributed by atoms with E-state index in [1.54, 1.807) is 35.7 Å². The number of aromatic nitrogens is 2. The number of carbonyl (C=O) groups excluding carboxylic acids is 1. The molecule has 6 nitrogen and oxygen atoms in total. The Labute approximate surface area is 217 Å². The highest BCUT2D eigenvalue weighted by molar-refractivity contribution is 9.10. The molecule has 1 amide bonds. The molecule has 1 aliphatic rings. The summed E-state index contributed by atoms with van der Waals surface area (Å²) >= 11 is 3.46. The van der Waals surface area contributed by atoms with Crippen LogP contribution in [0.4, 0.5) is 4.39 Å². The first-order valence-corrected chi connectivity index (χ1v) is 12.4. The number of rotatable bonds is 7. The molecular formula is C28H25BrFN3O3. The minimum Gasteiger partial charge on any atom is -0.497 e. The van der Waals surface area contributed by atoms with Crippen LogP contribution in [-0.2, 0) is 16.0 Å². The molecule has 0 saturated carbocycles. The molecule has 1 fully saturated rings. The summed E-state index contributed by atoms with van der Waals surface area (Å²) in [5.74, 6) is 0.389. The van der Waals surface area contributed by atoms with Crippen molar-refractivity contribution in [3.63, 3.8) is 0 Å². The van der Waals surface area contributed by atoms with Gasteiger partial charge in [0.2, 0.25) is 0 Å². The van der Waals surface area contributed by atoms with Crippen molar-refractivity contribution in [3.05, 3.63) is 100 Å². The normalized spacial score (nSPS) is 17.6. The van der Waals surface area contributed by atoms with Crippen molar-refractivity contribution in [3.8, 4) is 22.7 Å². The van der Waals surface area contributed by atoms with E-state index in [4.69, 9.17) is 14.6 Å². The summed E-state index contributed by atoms with van der Waals surface area (Å²) in [6.07, 6.45) is 1.35. The average molecular weight is 550 g/mol. The van der Waals surface area contributed by atoms with Gasteiger partial charge in [-0.2, -0.15) is 5.10 Å². The maximum absolute atomic E-state index is 13.7. The van der Waals surface area contributed by atoms with Crippen LogP contribution in [0.1, 0.15) is 24.3 Å². The molecule has 8 heteroatoms. The van der Waals surface area contributed by atoms with Crippen LogP contribution in [0.15, 0.2) is 83.5 Å². The van der Waals surface area contributed by atoms with Crippen LogP contribution < -0.4 is 4.74 Å². The van der Waals surface area contributed by atoms with Gasteiger partial charge in [0.15, 0.2) is 6.23 Å². The van der Waals surface area contributed by atoms with Crippen molar-refractivity contribution in [2.45, 2.75) is 25.7 Å². The number of methoxy groups -OCH3 is 1. The first-order chi connectivity index (χ1) is 17.4. The SMILES string of the molecule is COc1ccc(CCN2C(=O)[C@@H](C)O[C@@H]2c2cn(-c3ccc(Br)cc3)nc2-c2ccc(F)cc2)cc1. The highest BCUT2D eigenvalue weighted by Gasteiger charge is 2.40. The Morgan fingerprint density at radius 2 is 1.72 bits per heavy atom. The standard InChI is InChI=1S/C28H25BrFN3O3/c1-18-27(34)32(16-15-19-3-13-24(35-2)14-4-19)28(36-18)25-17-33(23-11-7-21(29)8-12-23)31-26(25)20-5-9-22(30)10-6-20/h3-14,17-18,28H,15-16H2,1-2H3/t18-,28-/m1/s1. The molecule has 3 aromatic carbocycles. The Kier molecular flexibility index (Phi) is 6.89. The van der Waals surface area contributed by atoms with Crippen molar-refractivity contribution >= 4 is 21.8 Å². The van der Waals surface area contributed by atoms with Crippen LogP contribution in [0.5, 0.6) is 5.75 Å².